The van der Waals surface area contributed by atoms with Gasteiger partial charge in [-0.25, -0.2) is 4.79 Å². The van der Waals surface area contributed by atoms with Gasteiger partial charge in [-0.1, -0.05) is 30.3 Å². The van der Waals surface area contributed by atoms with Crippen LogP contribution in [0.4, 0.5) is 4.79 Å². The molecule has 0 saturated carbocycles. The molecule has 1 atom stereocenters. The van der Waals surface area contributed by atoms with Gasteiger partial charge in [0.1, 0.15) is 0 Å². The van der Waals surface area contributed by atoms with Crippen molar-refractivity contribution in [2.24, 2.45) is 0 Å². The first kappa shape index (κ1) is 17.3. The summed E-state index contributed by atoms with van der Waals surface area (Å²) in [4.78, 5) is 27.6. The van der Waals surface area contributed by atoms with Crippen molar-refractivity contribution in [3.05, 3.63) is 35.9 Å². The normalized spacial score (nSPS) is 19.0. The maximum Gasteiger partial charge on any atom is 0.314 e. The van der Waals surface area contributed by atoms with E-state index in [1.807, 2.05) is 11.0 Å². The highest BCUT2D eigenvalue weighted by Crippen LogP contribution is 2.14. The fourth-order valence-electron chi connectivity index (χ4n) is 2.76. The molecule has 1 aromatic carbocycles. The molecule has 0 aromatic heterocycles. The summed E-state index contributed by atoms with van der Waals surface area (Å²) in [6.07, 6.45) is 0.943. The van der Waals surface area contributed by atoms with Crippen molar-refractivity contribution in [3.8, 4) is 0 Å². The zero-order chi connectivity index (χ0) is 16.7. The third-order valence-corrected chi connectivity index (χ3v) is 4.31. The fraction of sp³-hybridized carbons (Fsp3) is 0.529. The molecule has 0 spiro atoms. The quantitative estimate of drug-likeness (QED) is 0.872. The van der Waals surface area contributed by atoms with E-state index in [1.54, 1.807) is 0 Å². The summed E-state index contributed by atoms with van der Waals surface area (Å²) in [7, 11) is 1.54. The van der Waals surface area contributed by atoms with E-state index in [0.717, 1.165) is 26.1 Å². The van der Waals surface area contributed by atoms with E-state index >= 15 is 0 Å². The minimum absolute atomic E-state index is 0.0256. The topological polar surface area (TPSA) is 64.7 Å². The Bertz CT molecular complexity index is 521. The lowest BCUT2D eigenvalue weighted by molar-refractivity contribution is -0.129. The average molecular weight is 318 g/mol. The predicted octanol–water partition coefficient (Wildman–Crippen LogP) is 1.04. The second-order valence-electron chi connectivity index (χ2n) is 5.91. The molecule has 1 unspecified atom stereocenters. The van der Waals surface area contributed by atoms with Crippen molar-refractivity contribution in [3.63, 3.8) is 0 Å². The summed E-state index contributed by atoms with van der Waals surface area (Å²) in [6.45, 7) is 5.45. The van der Waals surface area contributed by atoms with Crippen LogP contribution in [0.1, 0.15) is 18.9 Å². The van der Waals surface area contributed by atoms with Crippen LogP contribution in [0.25, 0.3) is 0 Å². The molecule has 126 valence electrons. The van der Waals surface area contributed by atoms with E-state index < -0.39 is 0 Å². The third kappa shape index (κ3) is 5.25. The average Bonchev–Trinajstić information content (AvgIpc) is 2.76. The Morgan fingerprint density at radius 2 is 1.91 bits per heavy atom. The Morgan fingerprint density at radius 3 is 2.61 bits per heavy atom. The molecule has 1 aliphatic heterocycles. The van der Waals surface area contributed by atoms with Crippen molar-refractivity contribution >= 4 is 11.9 Å². The molecule has 3 amide bonds. The number of nitrogens with zero attached hydrogens (tertiary/aromatic N) is 2. The predicted molar refractivity (Wildman–Crippen MR) is 90.0 cm³/mol. The van der Waals surface area contributed by atoms with Gasteiger partial charge in [0.25, 0.3) is 0 Å². The number of hydrogen-bond donors (Lipinski definition) is 2. The van der Waals surface area contributed by atoms with Gasteiger partial charge in [-0.05, 0) is 18.9 Å². The number of carbonyl (C=O) groups is 2. The first-order valence-electron chi connectivity index (χ1n) is 8.11. The van der Waals surface area contributed by atoms with E-state index in [4.69, 9.17) is 0 Å². The Kier molecular flexibility index (Phi) is 6.40. The molecule has 0 aliphatic carbocycles. The molecule has 1 aliphatic rings. The summed E-state index contributed by atoms with van der Waals surface area (Å²) in [5, 5.41) is 5.01. The SMILES string of the molecule is CNC(=O)NCC(=O)N1CCC(C)N(Cc2ccccc2)CC1. The van der Waals surface area contributed by atoms with Crippen molar-refractivity contribution in [2.75, 3.05) is 33.2 Å². The van der Waals surface area contributed by atoms with Crippen LogP contribution in [0, 0.1) is 0 Å². The minimum atomic E-state index is -0.327. The summed E-state index contributed by atoms with van der Waals surface area (Å²) >= 11 is 0. The summed E-state index contributed by atoms with van der Waals surface area (Å²) in [5.74, 6) is -0.0256. The zero-order valence-electron chi connectivity index (χ0n) is 13.9. The van der Waals surface area contributed by atoms with Crippen LogP contribution >= 0.6 is 0 Å². The first-order valence-corrected chi connectivity index (χ1v) is 8.11. The van der Waals surface area contributed by atoms with Crippen molar-refractivity contribution in [2.45, 2.75) is 25.9 Å². The summed E-state index contributed by atoms with van der Waals surface area (Å²) in [5.41, 5.74) is 1.29. The number of carbonyl (C=O) groups excluding carboxylic acids is 2. The van der Waals surface area contributed by atoms with Crippen LogP contribution in [0.5, 0.6) is 0 Å². The van der Waals surface area contributed by atoms with Gasteiger partial charge in [-0.3, -0.25) is 9.69 Å². The van der Waals surface area contributed by atoms with Crippen LogP contribution in [0.15, 0.2) is 30.3 Å². The van der Waals surface area contributed by atoms with Gasteiger partial charge in [0.05, 0.1) is 6.54 Å². The van der Waals surface area contributed by atoms with Gasteiger partial charge in [0.15, 0.2) is 0 Å². The molecular formula is C17H26N4O2. The smallest absolute Gasteiger partial charge is 0.314 e. The lowest BCUT2D eigenvalue weighted by atomic mass is 10.1. The highest BCUT2D eigenvalue weighted by Gasteiger charge is 2.23. The van der Waals surface area contributed by atoms with Gasteiger partial charge >= 0.3 is 6.03 Å². The number of amides is 3. The maximum atomic E-state index is 12.2. The minimum Gasteiger partial charge on any atom is -0.341 e. The van der Waals surface area contributed by atoms with Crippen molar-refractivity contribution in [1.29, 1.82) is 0 Å². The largest absolute Gasteiger partial charge is 0.341 e. The van der Waals surface area contributed by atoms with Gasteiger partial charge in [-0.15, -0.1) is 0 Å². The first-order chi connectivity index (χ1) is 11.1. The molecule has 23 heavy (non-hydrogen) atoms. The number of rotatable bonds is 4. The standard InChI is InChI=1S/C17H26N4O2/c1-14-8-9-20(16(22)12-19-17(23)18-2)10-11-21(14)13-15-6-4-3-5-7-15/h3-7,14H,8-13H2,1-2H3,(H2,18,19,23). The zero-order valence-corrected chi connectivity index (χ0v) is 13.9. The molecule has 1 aromatic rings. The molecule has 6 heteroatoms. The van der Waals surface area contributed by atoms with E-state index in [0.29, 0.717) is 12.6 Å². The summed E-state index contributed by atoms with van der Waals surface area (Å²) < 4.78 is 0. The molecule has 6 nitrogen and oxygen atoms in total. The van der Waals surface area contributed by atoms with E-state index in [2.05, 4.69) is 46.7 Å². The van der Waals surface area contributed by atoms with Gasteiger partial charge in [0, 0.05) is 39.3 Å². The van der Waals surface area contributed by atoms with E-state index in [9.17, 15) is 9.59 Å². The monoisotopic (exact) mass is 318 g/mol. The summed E-state index contributed by atoms with van der Waals surface area (Å²) in [6, 6.07) is 10.5. The van der Waals surface area contributed by atoms with Gasteiger partial charge in [0.2, 0.25) is 5.91 Å². The Hall–Kier alpha value is -2.08. The molecule has 2 N–H and O–H groups in total. The molecule has 2 rings (SSSR count). The third-order valence-electron chi connectivity index (χ3n) is 4.31. The molecule has 0 radical (unpaired) electrons. The van der Waals surface area contributed by atoms with Crippen LogP contribution in [-0.4, -0.2) is 61.0 Å². The highest BCUT2D eigenvalue weighted by atomic mass is 16.2. The van der Waals surface area contributed by atoms with Gasteiger partial charge < -0.3 is 15.5 Å². The van der Waals surface area contributed by atoms with Crippen LogP contribution in [0.2, 0.25) is 0 Å². The lowest BCUT2D eigenvalue weighted by Crippen LogP contribution is -2.44. The number of benzene rings is 1. The van der Waals surface area contributed by atoms with Crippen LogP contribution in [0.3, 0.4) is 0 Å². The maximum absolute atomic E-state index is 12.2. The van der Waals surface area contributed by atoms with Crippen molar-refractivity contribution in [1.82, 2.24) is 20.4 Å². The number of hydrogen-bond acceptors (Lipinski definition) is 3. The Balaban J connectivity index is 1.87. The van der Waals surface area contributed by atoms with Crippen LogP contribution in [-0.2, 0) is 11.3 Å². The number of urea groups is 1. The van der Waals surface area contributed by atoms with E-state index in [-0.39, 0.29) is 18.5 Å². The van der Waals surface area contributed by atoms with Gasteiger partial charge in [-0.2, -0.15) is 0 Å². The Labute approximate surface area is 137 Å². The highest BCUT2D eigenvalue weighted by molar-refractivity contribution is 5.83. The lowest BCUT2D eigenvalue weighted by Gasteiger charge is -2.26. The Morgan fingerprint density at radius 1 is 1.17 bits per heavy atom. The second-order valence-corrected chi connectivity index (χ2v) is 5.91. The molecular weight excluding hydrogens is 292 g/mol. The number of nitrogens with one attached hydrogen (secondary N) is 2. The second kappa shape index (κ2) is 8.53. The fourth-order valence-corrected chi connectivity index (χ4v) is 2.76. The van der Waals surface area contributed by atoms with Crippen LogP contribution < -0.4 is 10.6 Å². The van der Waals surface area contributed by atoms with Crippen molar-refractivity contribution < 1.29 is 9.59 Å². The molecule has 1 saturated heterocycles. The molecule has 1 heterocycles. The van der Waals surface area contributed by atoms with E-state index in [1.165, 1.54) is 12.6 Å². The molecule has 0 bridgehead atoms. The molecule has 1 fully saturated rings.